The first-order valence-corrected chi connectivity index (χ1v) is 12.9. The van der Waals surface area contributed by atoms with Crippen LogP contribution in [0.25, 0.3) is 0 Å². The van der Waals surface area contributed by atoms with Gasteiger partial charge in [-0.05, 0) is 61.5 Å². The summed E-state index contributed by atoms with van der Waals surface area (Å²) in [5.74, 6) is 2.12. The molecule has 5 rings (SSSR count). The summed E-state index contributed by atoms with van der Waals surface area (Å²) in [6, 6.07) is 19.9. The lowest BCUT2D eigenvalue weighted by Gasteiger charge is -2.34. The zero-order valence-electron chi connectivity index (χ0n) is 22.8. The van der Waals surface area contributed by atoms with E-state index >= 15 is 0 Å². The summed E-state index contributed by atoms with van der Waals surface area (Å²) < 4.78 is 12.1. The second-order valence-corrected chi connectivity index (χ2v) is 9.49. The molecule has 10 nitrogen and oxygen atoms in total. The van der Waals surface area contributed by atoms with Crippen molar-refractivity contribution >= 4 is 29.0 Å². The molecule has 2 amide bonds. The van der Waals surface area contributed by atoms with Crippen LogP contribution in [0.5, 0.6) is 11.5 Å². The molecule has 42 heavy (non-hydrogen) atoms. The maximum atomic E-state index is 13.7. The third kappa shape index (κ3) is 5.29. The van der Waals surface area contributed by atoms with Crippen LogP contribution in [0.4, 0.5) is 11.4 Å². The molecule has 0 radical (unpaired) electrons. The lowest BCUT2D eigenvalue weighted by atomic mass is 10.0. The predicted octanol–water partition coefficient (Wildman–Crippen LogP) is 4.31. The molecule has 208 valence electrons. The van der Waals surface area contributed by atoms with Crippen LogP contribution in [0.3, 0.4) is 0 Å². The number of rotatable bonds is 8. The van der Waals surface area contributed by atoms with E-state index in [0.717, 1.165) is 0 Å². The number of nitrogens with zero attached hydrogens (tertiary/aromatic N) is 4. The van der Waals surface area contributed by atoms with Gasteiger partial charge in [-0.1, -0.05) is 18.1 Å². The highest BCUT2D eigenvalue weighted by molar-refractivity contribution is 6.16. The van der Waals surface area contributed by atoms with Crippen LogP contribution in [0.15, 0.2) is 72.9 Å². The third-order valence-electron chi connectivity index (χ3n) is 6.79. The molecule has 4 aromatic rings. The number of ketones is 1. The SMILES string of the molecule is C#CCOc1cccc(C(=O)c2ccc(N3C(=O)c4c(C(=O)Nc5ccc(OC)c(C#N)c5)cnn4C[C@@H]3C)cc2)c1. The molecule has 0 fully saturated rings. The summed E-state index contributed by atoms with van der Waals surface area (Å²) in [7, 11) is 1.45. The van der Waals surface area contributed by atoms with Crippen LogP contribution < -0.4 is 19.7 Å². The number of hydrogen-bond acceptors (Lipinski definition) is 7. The summed E-state index contributed by atoms with van der Waals surface area (Å²) in [4.78, 5) is 41.6. The number of fused-ring (bicyclic) bond motifs is 1. The minimum atomic E-state index is -0.539. The zero-order chi connectivity index (χ0) is 29.8. The van der Waals surface area contributed by atoms with Gasteiger partial charge < -0.3 is 19.7 Å². The largest absolute Gasteiger partial charge is 0.495 e. The van der Waals surface area contributed by atoms with Gasteiger partial charge in [0.2, 0.25) is 0 Å². The van der Waals surface area contributed by atoms with Crippen molar-refractivity contribution in [3.05, 3.63) is 101 Å². The second kappa shape index (κ2) is 11.7. The van der Waals surface area contributed by atoms with Crippen LogP contribution >= 0.6 is 0 Å². The van der Waals surface area contributed by atoms with Crippen LogP contribution in [-0.2, 0) is 6.54 Å². The maximum absolute atomic E-state index is 13.7. The number of benzene rings is 3. The van der Waals surface area contributed by atoms with E-state index in [1.807, 2.05) is 13.0 Å². The smallest absolute Gasteiger partial charge is 0.277 e. The van der Waals surface area contributed by atoms with Gasteiger partial charge in [-0.3, -0.25) is 19.1 Å². The second-order valence-electron chi connectivity index (χ2n) is 9.49. The topological polar surface area (TPSA) is 127 Å². The molecule has 1 aliphatic rings. The van der Waals surface area contributed by atoms with Crippen molar-refractivity contribution < 1.29 is 23.9 Å². The first-order valence-electron chi connectivity index (χ1n) is 12.9. The fraction of sp³-hybridized carbons (Fsp3) is 0.156. The lowest BCUT2D eigenvalue weighted by molar-refractivity contribution is 0.0933. The number of amides is 2. The van der Waals surface area contributed by atoms with Gasteiger partial charge in [-0.2, -0.15) is 10.4 Å². The Labute approximate surface area is 242 Å². The van der Waals surface area contributed by atoms with Crippen LogP contribution in [0, 0.1) is 23.7 Å². The van der Waals surface area contributed by atoms with Gasteiger partial charge in [-0.15, -0.1) is 6.42 Å². The van der Waals surface area contributed by atoms with Crippen molar-refractivity contribution in [1.82, 2.24) is 9.78 Å². The number of terminal acetylenes is 1. The van der Waals surface area contributed by atoms with Crippen molar-refractivity contribution in [1.29, 1.82) is 5.26 Å². The van der Waals surface area contributed by atoms with E-state index in [9.17, 15) is 19.6 Å². The number of carbonyl (C=O) groups is 3. The molecule has 3 aromatic carbocycles. The quantitative estimate of drug-likeness (QED) is 0.252. The van der Waals surface area contributed by atoms with E-state index in [1.54, 1.807) is 65.6 Å². The fourth-order valence-corrected chi connectivity index (χ4v) is 4.80. The first-order chi connectivity index (χ1) is 20.3. The van der Waals surface area contributed by atoms with Crippen LogP contribution in [0.1, 0.15) is 49.3 Å². The molecule has 2 heterocycles. The number of anilines is 2. The summed E-state index contributed by atoms with van der Waals surface area (Å²) >= 11 is 0. The third-order valence-corrected chi connectivity index (χ3v) is 6.79. The molecular weight excluding hydrogens is 534 g/mol. The maximum Gasteiger partial charge on any atom is 0.277 e. The van der Waals surface area contributed by atoms with Gasteiger partial charge in [0, 0.05) is 22.5 Å². The van der Waals surface area contributed by atoms with E-state index in [-0.39, 0.29) is 35.3 Å². The highest BCUT2D eigenvalue weighted by Gasteiger charge is 2.36. The summed E-state index contributed by atoms with van der Waals surface area (Å²) in [5.41, 5.74) is 2.33. The Morgan fingerprint density at radius 1 is 1.12 bits per heavy atom. The van der Waals surface area contributed by atoms with Gasteiger partial charge in [0.25, 0.3) is 11.8 Å². The van der Waals surface area contributed by atoms with Crippen LogP contribution in [-0.4, -0.2) is 47.1 Å². The highest BCUT2D eigenvalue weighted by atomic mass is 16.5. The Hall–Kier alpha value is -5.87. The Morgan fingerprint density at radius 3 is 2.62 bits per heavy atom. The molecule has 1 N–H and O–H groups in total. The van der Waals surface area contributed by atoms with Gasteiger partial charge in [-0.25, -0.2) is 0 Å². The minimum Gasteiger partial charge on any atom is -0.495 e. The molecule has 0 unspecified atom stereocenters. The Balaban J connectivity index is 1.37. The van der Waals surface area contributed by atoms with Crippen molar-refractivity contribution in [2.75, 3.05) is 23.9 Å². The zero-order valence-corrected chi connectivity index (χ0v) is 22.8. The van der Waals surface area contributed by atoms with Gasteiger partial charge in [0.05, 0.1) is 37.0 Å². The molecule has 0 saturated heterocycles. The first kappa shape index (κ1) is 27.7. The minimum absolute atomic E-state index is 0.0975. The number of carbonyl (C=O) groups excluding carboxylic acids is 3. The Kier molecular flexibility index (Phi) is 7.72. The number of aromatic nitrogens is 2. The van der Waals surface area contributed by atoms with Crippen molar-refractivity contribution in [2.45, 2.75) is 19.5 Å². The number of nitrogens with one attached hydrogen (secondary N) is 1. The van der Waals surface area contributed by atoms with E-state index in [2.05, 4.69) is 16.3 Å². The number of hydrogen-bond donors (Lipinski definition) is 1. The van der Waals surface area contributed by atoms with Gasteiger partial charge in [0.15, 0.2) is 5.78 Å². The van der Waals surface area contributed by atoms with E-state index in [4.69, 9.17) is 15.9 Å². The fourth-order valence-electron chi connectivity index (χ4n) is 4.80. The molecule has 1 aliphatic heterocycles. The predicted molar refractivity (Wildman–Crippen MR) is 155 cm³/mol. The lowest BCUT2D eigenvalue weighted by Crippen LogP contribution is -2.47. The molecule has 1 aromatic heterocycles. The van der Waals surface area contributed by atoms with Gasteiger partial charge in [0.1, 0.15) is 29.9 Å². The van der Waals surface area contributed by atoms with E-state index in [1.165, 1.54) is 24.1 Å². The van der Waals surface area contributed by atoms with Gasteiger partial charge >= 0.3 is 0 Å². The summed E-state index contributed by atoms with van der Waals surface area (Å²) in [5, 5.41) is 16.4. The molecular formula is C32H25N5O5. The van der Waals surface area contributed by atoms with E-state index < -0.39 is 11.8 Å². The normalized spacial score (nSPS) is 13.9. The molecule has 1 atom stereocenters. The highest BCUT2D eigenvalue weighted by Crippen LogP contribution is 2.29. The molecule has 10 heteroatoms. The average Bonchev–Trinajstić information content (AvgIpc) is 3.44. The number of ether oxygens (including phenoxy) is 2. The number of nitriles is 1. The molecule has 0 bridgehead atoms. The van der Waals surface area contributed by atoms with Crippen molar-refractivity contribution in [3.8, 4) is 29.9 Å². The molecule has 0 aliphatic carbocycles. The van der Waals surface area contributed by atoms with Crippen molar-refractivity contribution in [2.24, 2.45) is 0 Å². The Morgan fingerprint density at radius 2 is 1.90 bits per heavy atom. The monoisotopic (exact) mass is 559 g/mol. The number of methoxy groups -OCH3 is 1. The summed E-state index contributed by atoms with van der Waals surface area (Å²) in [6.45, 7) is 2.34. The average molecular weight is 560 g/mol. The molecule has 0 saturated carbocycles. The summed E-state index contributed by atoms with van der Waals surface area (Å²) in [6.07, 6.45) is 6.60. The standard InChI is InChI=1S/C32H25N5O5/c1-4-14-42-26-7-5-6-22(16-26)30(38)21-8-11-25(12-9-21)37-20(2)19-36-29(32(37)40)27(18-34-36)31(39)35-24-10-13-28(41-3)23(15-24)17-33/h1,5-13,15-16,18,20H,14,19H2,2-3H3,(H,35,39)/t20-/m0/s1. The van der Waals surface area contributed by atoms with E-state index in [0.29, 0.717) is 40.5 Å². The Bertz CT molecular complexity index is 1780. The van der Waals surface area contributed by atoms with Crippen LogP contribution in [0.2, 0.25) is 0 Å². The van der Waals surface area contributed by atoms with Crippen molar-refractivity contribution in [3.63, 3.8) is 0 Å². The molecule has 0 spiro atoms.